The molecule has 1 rings (SSSR count). The van der Waals surface area contributed by atoms with E-state index < -0.39 is 5.91 Å². The van der Waals surface area contributed by atoms with Gasteiger partial charge in [-0.05, 0) is 12.5 Å². The van der Waals surface area contributed by atoms with Gasteiger partial charge in [-0.1, -0.05) is 13.8 Å². The first-order chi connectivity index (χ1) is 7.04. The van der Waals surface area contributed by atoms with Crippen LogP contribution in [0, 0.1) is 5.92 Å². The van der Waals surface area contributed by atoms with Gasteiger partial charge in [-0.15, -0.1) is 0 Å². The molecule has 1 aromatic heterocycles. The Morgan fingerprint density at radius 3 is 2.73 bits per heavy atom. The van der Waals surface area contributed by atoms with Gasteiger partial charge in [0, 0.05) is 12.1 Å². The lowest BCUT2D eigenvalue weighted by Gasteiger charge is -2.07. The van der Waals surface area contributed by atoms with E-state index in [9.17, 15) is 9.59 Å². The molecule has 1 atom stereocenters. The summed E-state index contributed by atoms with van der Waals surface area (Å²) >= 11 is 0. The molecule has 1 aromatic rings. The van der Waals surface area contributed by atoms with Crippen molar-refractivity contribution in [2.75, 3.05) is 5.32 Å². The second-order valence-electron chi connectivity index (χ2n) is 3.46. The van der Waals surface area contributed by atoms with E-state index in [1.807, 2.05) is 13.8 Å². The van der Waals surface area contributed by atoms with E-state index in [4.69, 9.17) is 5.73 Å². The molecule has 0 fully saturated rings. The monoisotopic (exact) mass is 209 g/mol. The van der Waals surface area contributed by atoms with Gasteiger partial charge in [0.2, 0.25) is 5.91 Å². The van der Waals surface area contributed by atoms with Crippen LogP contribution < -0.4 is 11.1 Å². The number of amides is 2. The first kappa shape index (κ1) is 11.3. The van der Waals surface area contributed by atoms with E-state index in [2.05, 4.69) is 10.3 Å². The van der Waals surface area contributed by atoms with Crippen molar-refractivity contribution in [2.24, 2.45) is 11.7 Å². The standard InChI is InChI=1S/C10H15N3O2/c1-3-6(2)10(15)13-7-4-8(9(11)14)12-5-7/h4-6,12H,3H2,1-2H3,(H2,11,14)(H,13,15). The summed E-state index contributed by atoms with van der Waals surface area (Å²) in [6, 6.07) is 1.52. The number of nitrogens with two attached hydrogens (primary N) is 1. The number of hydrogen-bond donors (Lipinski definition) is 3. The summed E-state index contributed by atoms with van der Waals surface area (Å²) in [6.45, 7) is 3.78. The molecule has 0 radical (unpaired) electrons. The maximum atomic E-state index is 11.5. The van der Waals surface area contributed by atoms with E-state index in [-0.39, 0.29) is 17.5 Å². The van der Waals surface area contributed by atoms with Crippen molar-refractivity contribution < 1.29 is 9.59 Å². The number of carbonyl (C=O) groups excluding carboxylic acids is 2. The highest BCUT2D eigenvalue weighted by Crippen LogP contribution is 2.11. The minimum Gasteiger partial charge on any atom is -0.364 e. The van der Waals surface area contributed by atoms with Gasteiger partial charge in [0.25, 0.3) is 5.91 Å². The molecule has 15 heavy (non-hydrogen) atoms. The van der Waals surface area contributed by atoms with Gasteiger partial charge in [0.1, 0.15) is 5.69 Å². The van der Waals surface area contributed by atoms with Crippen LogP contribution in [0.1, 0.15) is 30.8 Å². The van der Waals surface area contributed by atoms with Crippen LogP contribution in [0.15, 0.2) is 12.3 Å². The first-order valence-corrected chi connectivity index (χ1v) is 4.83. The van der Waals surface area contributed by atoms with Gasteiger partial charge in [0.15, 0.2) is 0 Å². The number of anilines is 1. The highest BCUT2D eigenvalue weighted by atomic mass is 16.2. The Hall–Kier alpha value is -1.78. The minimum absolute atomic E-state index is 0.0445. The van der Waals surface area contributed by atoms with Crippen molar-refractivity contribution in [3.63, 3.8) is 0 Å². The van der Waals surface area contributed by atoms with Gasteiger partial charge >= 0.3 is 0 Å². The van der Waals surface area contributed by atoms with Crippen LogP contribution in [0.4, 0.5) is 5.69 Å². The fourth-order valence-electron chi connectivity index (χ4n) is 1.06. The maximum Gasteiger partial charge on any atom is 0.265 e. The smallest absolute Gasteiger partial charge is 0.265 e. The molecule has 1 unspecified atom stereocenters. The van der Waals surface area contributed by atoms with Crippen LogP contribution in [0.5, 0.6) is 0 Å². The molecule has 5 nitrogen and oxygen atoms in total. The van der Waals surface area contributed by atoms with Gasteiger partial charge in [-0.25, -0.2) is 0 Å². The molecular weight excluding hydrogens is 194 g/mol. The van der Waals surface area contributed by atoms with Crippen molar-refractivity contribution in [2.45, 2.75) is 20.3 Å². The van der Waals surface area contributed by atoms with Crippen LogP contribution in [-0.4, -0.2) is 16.8 Å². The molecule has 0 spiro atoms. The quantitative estimate of drug-likeness (QED) is 0.693. The lowest BCUT2D eigenvalue weighted by molar-refractivity contribution is -0.119. The summed E-state index contributed by atoms with van der Waals surface area (Å²) in [5.74, 6) is -0.650. The van der Waals surface area contributed by atoms with E-state index in [1.54, 1.807) is 6.20 Å². The molecule has 0 aliphatic carbocycles. The van der Waals surface area contributed by atoms with E-state index in [0.717, 1.165) is 6.42 Å². The van der Waals surface area contributed by atoms with Gasteiger partial charge in [0.05, 0.1) is 5.69 Å². The summed E-state index contributed by atoms with van der Waals surface area (Å²) in [6.07, 6.45) is 2.32. The van der Waals surface area contributed by atoms with Crippen molar-refractivity contribution >= 4 is 17.5 Å². The van der Waals surface area contributed by atoms with Gasteiger partial charge in [-0.2, -0.15) is 0 Å². The SMILES string of the molecule is CCC(C)C(=O)Nc1c[nH]c(C(N)=O)c1. The molecule has 82 valence electrons. The molecular formula is C10H15N3O2. The van der Waals surface area contributed by atoms with Crippen LogP contribution in [0.25, 0.3) is 0 Å². The molecule has 0 bridgehead atoms. The number of rotatable bonds is 4. The molecule has 1 heterocycles. The summed E-state index contributed by atoms with van der Waals surface area (Å²) in [4.78, 5) is 24.9. The Balaban J connectivity index is 2.65. The first-order valence-electron chi connectivity index (χ1n) is 4.83. The average molecular weight is 209 g/mol. The number of carbonyl (C=O) groups is 2. The highest BCUT2D eigenvalue weighted by Gasteiger charge is 2.12. The van der Waals surface area contributed by atoms with Crippen molar-refractivity contribution in [1.29, 1.82) is 0 Å². The van der Waals surface area contributed by atoms with Crippen molar-refractivity contribution in [3.8, 4) is 0 Å². The Labute approximate surface area is 88.0 Å². The van der Waals surface area contributed by atoms with Crippen molar-refractivity contribution in [1.82, 2.24) is 4.98 Å². The summed E-state index contributed by atoms with van der Waals surface area (Å²) in [5, 5.41) is 2.69. The van der Waals surface area contributed by atoms with E-state index >= 15 is 0 Å². The molecule has 2 amide bonds. The molecule has 0 aromatic carbocycles. The summed E-state index contributed by atoms with van der Waals surface area (Å²) < 4.78 is 0. The number of aromatic nitrogens is 1. The van der Waals surface area contributed by atoms with Crippen LogP contribution >= 0.6 is 0 Å². The fourth-order valence-corrected chi connectivity index (χ4v) is 1.06. The third kappa shape index (κ3) is 2.83. The Morgan fingerprint density at radius 1 is 1.60 bits per heavy atom. The largest absolute Gasteiger partial charge is 0.364 e. The zero-order chi connectivity index (χ0) is 11.4. The zero-order valence-electron chi connectivity index (χ0n) is 8.83. The van der Waals surface area contributed by atoms with Crippen LogP contribution in [0.2, 0.25) is 0 Å². The Kier molecular flexibility index (Phi) is 3.49. The average Bonchev–Trinajstić information content (AvgIpc) is 2.65. The second-order valence-corrected chi connectivity index (χ2v) is 3.46. The maximum absolute atomic E-state index is 11.5. The predicted molar refractivity (Wildman–Crippen MR) is 57.4 cm³/mol. The Bertz CT molecular complexity index is 370. The normalized spacial score (nSPS) is 12.1. The van der Waals surface area contributed by atoms with Gasteiger partial charge < -0.3 is 16.0 Å². The van der Waals surface area contributed by atoms with Crippen LogP contribution in [-0.2, 0) is 4.79 Å². The molecule has 5 heteroatoms. The minimum atomic E-state index is -0.543. The van der Waals surface area contributed by atoms with E-state index in [0.29, 0.717) is 5.69 Å². The number of hydrogen-bond acceptors (Lipinski definition) is 2. The van der Waals surface area contributed by atoms with Crippen LogP contribution in [0.3, 0.4) is 0 Å². The number of aromatic amines is 1. The van der Waals surface area contributed by atoms with E-state index in [1.165, 1.54) is 6.07 Å². The second kappa shape index (κ2) is 4.63. The van der Waals surface area contributed by atoms with Crippen molar-refractivity contribution in [3.05, 3.63) is 18.0 Å². The fraction of sp³-hybridized carbons (Fsp3) is 0.400. The zero-order valence-corrected chi connectivity index (χ0v) is 8.83. The molecule has 0 aliphatic heterocycles. The third-order valence-corrected chi connectivity index (χ3v) is 2.28. The number of H-pyrrole nitrogens is 1. The predicted octanol–water partition coefficient (Wildman–Crippen LogP) is 1.10. The Morgan fingerprint density at radius 2 is 2.27 bits per heavy atom. The molecule has 4 N–H and O–H groups in total. The molecule has 0 saturated heterocycles. The lowest BCUT2D eigenvalue weighted by atomic mass is 10.1. The van der Waals surface area contributed by atoms with Gasteiger partial charge in [-0.3, -0.25) is 9.59 Å². The number of primary amides is 1. The lowest BCUT2D eigenvalue weighted by Crippen LogP contribution is -2.19. The molecule has 0 saturated carbocycles. The number of nitrogens with one attached hydrogen (secondary N) is 2. The summed E-state index contributed by atoms with van der Waals surface area (Å²) in [7, 11) is 0. The highest BCUT2D eigenvalue weighted by molar-refractivity contribution is 5.96. The molecule has 0 aliphatic rings. The third-order valence-electron chi connectivity index (χ3n) is 2.28. The topological polar surface area (TPSA) is 88.0 Å². The summed E-state index contributed by atoms with van der Waals surface area (Å²) in [5.41, 5.74) is 5.91.